The van der Waals surface area contributed by atoms with Gasteiger partial charge in [-0.3, -0.25) is 9.88 Å². The van der Waals surface area contributed by atoms with E-state index in [1.54, 1.807) is 0 Å². The van der Waals surface area contributed by atoms with Gasteiger partial charge in [-0.05, 0) is 56.0 Å². The second-order valence-corrected chi connectivity index (χ2v) is 6.84. The average molecular weight is 308 g/mol. The van der Waals surface area contributed by atoms with Crippen LogP contribution in [0, 0.1) is 0 Å². The molecule has 23 heavy (non-hydrogen) atoms. The Morgan fingerprint density at radius 1 is 1.09 bits per heavy atom. The van der Waals surface area contributed by atoms with Crippen LogP contribution in [0.3, 0.4) is 0 Å². The number of aromatic nitrogens is 1. The van der Waals surface area contributed by atoms with E-state index >= 15 is 0 Å². The van der Waals surface area contributed by atoms with Gasteiger partial charge >= 0.3 is 0 Å². The summed E-state index contributed by atoms with van der Waals surface area (Å²) in [5.74, 6) is 1.10. The molecule has 1 atom stereocenters. The van der Waals surface area contributed by atoms with E-state index in [9.17, 15) is 0 Å². The van der Waals surface area contributed by atoms with Crippen molar-refractivity contribution in [1.29, 1.82) is 0 Å². The van der Waals surface area contributed by atoms with Gasteiger partial charge in [-0.15, -0.1) is 0 Å². The van der Waals surface area contributed by atoms with Crippen LogP contribution in [0.4, 0.5) is 0 Å². The number of likely N-dealkylation sites (tertiary alicyclic amines) is 1. The van der Waals surface area contributed by atoms with E-state index in [2.05, 4.69) is 46.3 Å². The Labute approximate surface area is 138 Å². The van der Waals surface area contributed by atoms with Crippen LogP contribution in [0.2, 0.25) is 0 Å². The highest BCUT2D eigenvalue weighted by atomic mass is 16.5. The summed E-state index contributed by atoms with van der Waals surface area (Å²) in [5, 5.41) is 0. The van der Waals surface area contributed by atoms with E-state index in [-0.39, 0.29) is 5.60 Å². The number of aryl methyl sites for hydroxylation is 1. The third-order valence-electron chi connectivity index (χ3n) is 5.18. The monoisotopic (exact) mass is 308 g/mol. The smallest absolute Gasteiger partial charge is 0.123 e. The first kappa shape index (κ1) is 14.7. The summed E-state index contributed by atoms with van der Waals surface area (Å²) in [4.78, 5) is 7.00. The number of para-hydroxylation sites is 1. The summed E-state index contributed by atoms with van der Waals surface area (Å²) < 4.78 is 6.49. The Morgan fingerprint density at radius 3 is 2.91 bits per heavy atom. The van der Waals surface area contributed by atoms with Crippen molar-refractivity contribution in [2.45, 2.75) is 37.7 Å². The lowest BCUT2D eigenvalue weighted by Gasteiger charge is -2.45. The van der Waals surface area contributed by atoms with Crippen molar-refractivity contribution in [1.82, 2.24) is 9.88 Å². The van der Waals surface area contributed by atoms with Crippen molar-refractivity contribution in [3.8, 4) is 5.75 Å². The van der Waals surface area contributed by atoms with Gasteiger partial charge in [-0.25, -0.2) is 0 Å². The maximum absolute atomic E-state index is 6.49. The number of benzene rings is 1. The lowest BCUT2D eigenvalue weighted by molar-refractivity contribution is -0.0236. The molecule has 0 N–H and O–H groups in total. The molecule has 1 saturated heterocycles. The standard InChI is InChI=1S/C20H24N2O/c1-2-8-19-17(6-1)9-12-20(23-19)11-5-14-22(16-20)15-10-18-7-3-4-13-21-18/h1-4,6-8,13H,5,9-12,14-16H2. The van der Waals surface area contributed by atoms with Crippen LogP contribution in [0.15, 0.2) is 48.7 Å². The second kappa shape index (κ2) is 6.32. The van der Waals surface area contributed by atoms with Crippen molar-refractivity contribution >= 4 is 0 Å². The topological polar surface area (TPSA) is 25.4 Å². The Morgan fingerprint density at radius 2 is 2.00 bits per heavy atom. The predicted octanol–water partition coefficient (Wildman–Crippen LogP) is 3.48. The quantitative estimate of drug-likeness (QED) is 0.868. The number of rotatable bonds is 3. The minimum Gasteiger partial charge on any atom is -0.486 e. The number of fused-ring (bicyclic) bond motifs is 1. The molecule has 3 heterocycles. The van der Waals surface area contributed by atoms with Crippen LogP contribution in [-0.4, -0.2) is 35.1 Å². The molecule has 0 aliphatic carbocycles. The van der Waals surface area contributed by atoms with Gasteiger partial charge in [0, 0.05) is 31.4 Å². The van der Waals surface area contributed by atoms with E-state index in [1.807, 2.05) is 12.3 Å². The summed E-state index contributed by atoms with van der Waals surface area (Å²) in [7, 11) is 0. The first-order chi connectivity index (χ1) is 11.3. The van der Waals surface area contributed by atoms with E-state index < -0.39 is 0 Å². The van der Waals surface area contributed by atoms with E-state index in [1.165, 1.54) is 30.6 Å². The van der Waals surface area contributed by atoms with Crippen LogP contribution in [0.5, 0.6) is 5.75 Å². The molecule has 0 saturated carbocycles. The number of piperidine rings is 1. The summed E-state index contributed by atoms with van der Waals surface area (Å²) >= 11 is 0. The fourth-order valence-electron chi connectivity index (χ4n) is 3.94. The van der Waals surface area contributed by atoms with Gasteiger partial charge in [0.2, 0.25) is 0 Å². The number of nitrogens with zero attached hydrogens (tertiary/aromatic N) is 2. The molecule has 4 rings (SSSR count). The summed E-state index contributed by atoms with van der Waals surface area (Å²) in [6.45, 7) is 3.30. The molecule has 2 aromatic rings. The fraction of sp³-hybridized carbons (Fsp3) is 0.450. The molecule has 120 valence electrons. The predicted molar refractivity (Wildman–Crippen MR) is 91.7 cm³/mol. The van der Waals surface area contributed by atoms with E-state index in [0.717, 1.165) is 38.1 Å². The molecule has 3 heteroatoms. The number of pyridine rings is 1. The Kier molecular flexibility index (Phi) is 4.04. The maximum atomic E-state index is 6.49. The average Bonchev–Trinajstić information content (AvgIpc) is 2.61. The molecule has 1 aromatic heterocycles. The van der Waals surface area contributed by atoms with Crippen molar-refractivity contribution in [3.05, 3.63) is 59.9 Å². The van der Waals surface area contributed by atoms with Gasteiger partial charge in [0.15, 0.2) is 0 Å². The van der Waals surface area contributed by atoms with Crippen LogP contribution in [0.1, 0.15) is 30.5 Å². The van der Waals surface area contributed by atoms with Crippen LogP contribution < -0.4 is 4.74 Å². The minimum absolute atomic E-state index is 0.0245. The molecule has 1 spiro atoms. The highest BCUT2D eigenvalue weighted by Crippen LogP contribution is 2.38. The molecule has 2 aliphatic heterocycles. The van der Waals surface area contributed by atoms with Gasteiger partial charge in [0.25, 0.3) is 0 Å². The SMILES string of the molecule is c1ccc(CCN2CCCC3(CCc4ccccc4O3)C2)nc1. The lowest BCUT2D eigenvalue weighted by atomic mass is 9.84. The summed E-state index contributed by atoms with van der Waals surface area (Å²) in [5.41, 5.74) is 2.57. The van der Waals surface area contributed by atoms with Crippen molar-refractivity contribution in [3.63, 3.8) is 0 Å². The van der Waals surface area contributed by atoms with Crippen LogP contribution in [0.25, 0.3) is 0 Å². The molecule has 0 radical (unpaired) electrons. The minimum atomic E-state index is 0.0245. The van der Waals surface area contributed by atoms with E-state index in [4.69, 9.17) is 4.74 Å². The second-order valence-electron chi connectivity index (χ2n) is 6.84. The highest BCUT2D eigenvalue weighted by Gasteiger charge is 2.39. The Bertz CT molecular complexity index is 658. The van der Waals surface area contributed by atoms with Crippen molar-refractivity contribution in [2.24, 2.45) is 0 Å². The fourth-order valence-corrected chi connectivity index (χ4v) is 3.94. The van der Waals surface area contributed by atoms with Crippen molar-refractivity contribution in [2.75, 3.05) is 19.6 Å². The third kappa shape index (κ3) is 3.25. The van der Waals surface area contributed by atoms with E-state index in [0.29, 0.717) is 0 Å². The first-order valence-electron chi connectivity index (χ1n) is 8.72. The molecule has 1 fully saturated rings. The molecule has 0 bridgehead atoms. The zero-order valence-electron chi connectivity index (χ0n) is 13.6. The zero-order valence-corrected chi connectivity index (χ0v) is 13.6. The molecular weight excluding hydrogens is 284 g/mol. The third-order valence-corrected chi connectivity index (χ3v) is 5.18. The van der Waals surface area contributed by atoms with Crippen LogP contribution >= 0.6 is 0 Å². The maximum Gasteiger partial charge on any atom is 0.123 e. The normalized spacial score (nSPS) is 24.2. The van der Waals surface area contributed by atoms with Gasteiger partial charge in [-0.1, -0.05) is 24.3 Å². The lowest BCUT2D eigenvalue weighted by Crippen LogP contribution is -2.53. The summed E-state index contributed by atoms with van der Waals surface area (Å²) in [6.07, 6.45) is 7.60. The van der Waals surface area contributed by atoms with Gasteiger partial charge < -0.3 is 4.74 Å². The van der Waals surface area contributed by atoms with Crippen LogP contribution in [-0.2, 0) is 12.8 Å². The zero-order chi connectivity index (χ0) is 15.5. The van der Waals surface area contributed by atoms with Gasteiger partial charge in [0.05, 0.1) is 0 Å². The molecule has 1 aromatic carbocycles. The Balaban J connectivity index is 1.41. The number of hydrogen-bond acceptors (Lipinski definition) is 3. The molecular formula is C20H24N2O. The first-order valence-corrected chi connectivity index (χ1v) is 8.72. The molecule has 3 nitrogen and oxygen atoms in total. The highest BCUT2D eigenvalue weighted by molar-refractivity contribution is 5.36. The molecule has 1 unspecified atom stereocenters. The van der Waals surface area contributed by atoms with Gasteiger partial charge in [-0.2, -0.15) is 0 Å². The summed E-state index contributed by atoms with van der Waals surface area (Å²) in [6, 6.07) is 14.7. The number of hydrogen-bond donors (Lipinski definition) is 0. The molecule has 2 aliphatic rings. The molecule has 0 amide bonds. The largest absolute Gasteiger partial charge is 0.486 e. The van der Waals surface area contributed by atoms with Crippen molar-refractivity contribution < 1.29 is 4.74 Å². The number of ether oxygens (including phenoxy) is 1. The Hall–Kier alpha value is -1.87. The van der Waals surface area contributed by atoms with Gasteiger partial charge in [0.1, 0.15) is 11.4 Å².